The third-order valence-electron chi connectivity index (χ3n) is 7.16. The first-order chi connectivity index (χ1) is 13.5. The van der Waals surface area contributed by atoms with Crippen molar-refractivity contribution in [3.05, 3.63) is 0 Å². The van der Waals surface area contributed by atoms with Crippen LogP contribution in [0.5, 0.6) is 0 Å². The van der Waals surface area contributed by atoms with E-state index in [-0.39, 0.29) is 24.0 Å². The van der Waals surface area contributed by atoms with Crippen molar-refractivity contribution in [2.24, 2.45) is 10.8 Å². The van der Waals surface area contributed by atoms with Crippen LogP contribution in [0.3, 0.4) is 0 Å². The van der Waals surface area contributed by atoms with E-state index >= 15 is 0 Å². The first-order valence-electron chi connectivity index (χ1n) is 12.0. The molecule has 0 bridgehead atoms. The molecule has 0 aliphatic heterocycles. The van der Waals surface area contributed by atoms with Crippen molar-refractivity contribution in [1.82, 2.24) is 0 Å². The minimum Gasteiger partial charge on any atom is -0.396 e. The van der Waals surface area contributed by atoms with Crippen molar-refractivity contribution >= 4 is 0 Å². The van der Waals surface area contributed by atoms with Gasteiger partial charge in [-0.25, -0.2) is 0 Å². The lowest BCUT2D eigenvalue weighted by Crippen LogP contribution is -2.36. The van der Waals surface area contributed by atoms with Crippen LogP contribution in [0.4, 0.5) is 0 Å². The number of hydrogen-bond donors (Lipinski definition) is 2. The van der Waals surface area contributed by atoms with E-state index in [4.69, 9.17) is 9.47 Å². The van der Waals surface area contributed by atoms with Crippen molar-refractivity contribution in [1.29, 1.82) is 0 Å². The van der Waals surface area contributed by atoms with Crippen molar-refractivity contribution in [2.45, 2.75) is 117 Å². The lowest BCUT2D eigenvalue weighted by atomic mass is 9.81. The standard InChI is InChI=1S/C24H48O4/c1-5-9-15-23(7-3,17-25)19-27-21-11-13-22(14-12-21)28-20-24(8-4,18-26)16-10-6-2/h21-22,25-26H,5-20H2,1-4H3. The molecule has 0 heterocycles. The van der Waals surface area contributed by atoms with Crippen LogP contribution in [0.1, 0.15) is 105 Å². The molecule has 0 radical (unpaired) electrons. The van der Waals surface area contributed by atoms with Gasteiger partial charge in [0.2, 0.25) is 0 Å². The zero-order valence-corrected chi connectivity index (χ0v) is 19.2. The first-order valence-corrected chi connectivity index (χ1v) is 12.0. The zero-order chi connectivity index (χ0) is 20.9. The number of aliphatic hydroxyl groups excluding tert-OH is 2. The molecule has 168 valence electrons. The van der Waals surface area contributed by atoms with E-state index in [2.05, 4.69) is 27.7 Å². The van der Waals surface area contributed by atoms with E-state index in [1.165, 1.54) is 0 Å². The molecule has 1 aliphatic carbocycles. The molecule has 0 aromatic carbocycles. The summed E-state index contributed by atoms with van der Waals surface area (Å²) >= 11 is 0. The Bertz CT molecular complexity index is 333. The predicted octanol–water partition coefficient (Wildman–Crippen LogP) is 5.49. The number of aliphatic hydroxyl groups is 2. The monoisotopic (exact) mass is 400 g/mol. The molecule has 0 aromatic rings. The Morgan fingerprint density at radius 1 is 0.679 bits per heavy atom. The van der Waals surface area contributed by atoms with Gasteiger partial charge < -0.3 is 19.7 Å². The first kappa shape index (κ1) is 25.9. The van der Waals surface area contributed by atoms with Crippen molar-refractivity contribution in [2.75, 3.05) is 26.4 Å². The Hall–Kier alpha value is -0.160. The van der Waals surface area contributed by atoms with Crippen LogP contribution in [0.2, 0.25) is 0 Å². The molecule has 0 amide bonds. The van der Waals surface area contributed by atoms with Gasteiger partial charge in [0.25, 0.3) is 0 Å². The Kier molecular flexibility index (Phi) is 12.9. The van der Waals surface area contributed by atoms with Gasteiger partial charge in [0.15, 0.2) is 0 Å². The van der Waals surface area contributed by atoms with Gasteiger partial charge in [-0.15, -0.1) is 0 Å². The third kappa shape index (κ3) is 8.30. The van der Waals surface area contributed by atoms with Crippen molar-refractivity contribution in [3.63, 3.8) is 0 Å². The van der Waals surface area contributed by atoms with Crippen LogP contribution < -0.4 is 0 Å². The van der Waals surface area contributed by atoms with Gasteiger partial charge in [-0.3, -0.25) is 0 Å². The summed E-state index contributed by atoms with van der Waals surface area (Å²) in [6.45, 7) is 10.5. The Balaban J connectivity index is 2.39. The van der Waals surface area contributed by atoms with Gasteiger partial charge in [0.05, 0.1) is 38.6 Å². The van der Waals surface area contributed by atoms with E-state index in [0.717, 1.165) is 77.0 Å². The van der Waals surface area contributed by atoms with Gasteiger partial charge in [-0.05, 0) is 51.4 Å². The fraction of sp³-hybridized carbons (Fsp3) is 1.00. The molecular weight excluding hydrogens is 352 g/mol. The highest BCUT2D eigenvalue weighted by Crippen LogP contribution is 2.33. The molecule has 2 atom stereocenters. The summed E-state index contributed by atoms with van der Waals surface area (Å²) in [5, 5.41) is 19.8. The topological polar surface area (TPSA) is 58.9 Å². The Morgan fingerprint density at radius 2 is 1.04 bits per heavy atom. The highest BCUT2D eigenvalue weighted by molar-refractivity contribution is 4.81. The number of hydrogen-bond acceptors (Lipinski definition) is 4. The van der Waals surface area contributed by atoms with Crippen LogP contribution in [-0.4, -0.2) is 48.8 Å². The molecular formula is C24H48O4. The average molecular weight is 401 g/mol. The van der Waals surface area contributed by atoms with Gasteiger partial charge in [0, 0.05) is 10.8 Å². The SMILES string of the molecule is CCCCC(CC)(CO)COC1CCC(OCC(CC)(CO)CCCC)CC1. The summed E-state index contributed by atoms with van der Waals surface area (Å²) in [4.78, 5) is 0. The van der Waals surface area contributed by atoms with Crippen molar-refractivity contribution in [3.8, 4) is 0 Å². The van der Waals surface area contributed by atoms with Gasteiger partial charge >= 0.3 is 0 Å². The van der Waals surface area contributed by atoms with Crippen LogP contribution >= 0.6 is 0 Å². The van der Waals surface area contributed by atoms with E-state index in [9.17, 15) is 10.2 Å². The molecule has 1 saturated carbocycles. The molecule has 2 N–H and O–H groups in total. The summed E-state index contributed by atoms with van der Waals surface area (Å²) in [5.74, 6) is 0. The third-order valence-corrected chi connectivity index (χ3v) is 7.16. The maximum Gasteiger partial charge on any atom is 0.0577 e. The van der Waals surface area contributed by atoms with E-state index in [1.54, 1.807) is 0 Å². The predicted molar refractivity (Wildman–Crippen MR) is 117 cm³/mol. The zero-order valence-electron chi connectivity index (χ0n) is 19.2. The number of unbranched alkanes of at least 4 members (excludes halogenated alkanes) is 2. The Morgan fingerprint density at radius 3 is 1.29 bits per heavy atom. The second kappa shape index (κ2) is 14.0. The molecule has 1 aliphatic rings. The van der Waals surface area contributed by atoms with E-state index in [1.807, 2.05) is 0 Å². The molecule has 0 spiro atoms. The quantitative estimate of drug-likeness (QED) is 0.360. The second-order valence-corrected chi connectivity index (χ2v) is 9.25. The highest BCUT2D eigenvalue weighted by Gasteiger charge is 2.32. The van der Waals surface area contributed by atoms with Crippen LogP contribution in [-0.2, 0) is 9.47 Å². The van der Waals surface area contributed by atoms with Crippen LogP contribution in [0, 0.1) is 10.8 Å². The number of ether oxygens (including phenoxy) is 2. The summed E-state index contributed by atoms with van der Waals surface area (Å²) in [6, 6.07) is 0. The highest BCUT2D eigenvalue weighted by atomic mass is 16.5. The minimum absolute atomic E-state index is 0.0650. The van der Waals surface area contributed by atoms with Crippen LogP contribution in [0.15, 0.2) is 0 Å². The van der Waals surface area contributed by atoms with Crippen molar-refractivity contribution < 1.29 is 19.7 Å². The maximum atomic E-state index is 9.91. The number of rotatable bonds is 16. The maximum absolute atomic E-state index is 9.91. The smallest absolute Gasteiger partial charge is 0.0577 e. The van der Waals surface area contributed by atoms with Gasteiger partial charge in [0.1, 0.15) is 0 Å². The second-order valence-electron chi connectivity index (χ2n) is 9.25. The summed E-state index contributed by atoms with van der Waals surface area (Å²) in [6.07, 6.45) is 13.4. The summed E-state index contributed by atoms with van der Waals surface area (Å²) in [5.41, 5.74) is -0.130. The fourth-order valence-corrected chi connectivity index (χ4v) is 4.23. The van der Waals surface area contributed by atoms with E-state index in [0.29, 0.717) is 25.4 Å². The lowest BCUT2D eigenvalue weighted by Gasteiger charge is -2.36. The normalized spacial score (nSPS) is 24.6. The summed E-state index contributed by atoms with van der Waals surface area (Å²) < 4.78 is 12.5. The Labute approximate surface area is 174 Å². The molecule has 2 unspecified atom stereocenters. The minimum atomic E-state index is -0.0650. The molecule has 1 rings (SSSR count). The van der Waals surface area contributed by atoms with Gasteiger partial charge in [-0.1, -0.05) is 53.4 Å². The molecule has 0 aromatic heterocycles. The summed E-state index contributed by atoms with van der Waals surface area (Å²) in [7, 11) is 0. The van der Waals surface area contributed by atoms with Gasteiger partial charge in [-0.2, -0.15) is 0 Å². The average Bonchev–Trinajstić information content (AvgIpc) is 2.76. The molecule has 4 heteroatoms. The largest absolute Gasteiger partial charge is 0.396 e. The molecule has 4 nitrogen and oxygen atoms in total. The molecule has 0 saturated heterocycles. The molecule has 1 fully saturated rings. The lowest BCUT2D eigenvalue weighted by molar-refractivity contribution is -0.0884. The van der Waals surface area contributed by atoms with Crippen LogP contribution in [0.25, 0.3) is 0 Å². The molecule has 28 heavy (non-hydrogen) atoms. The van der Waals surface area contributed by atoms with E-state index < -0.39 is 0 Å². The fourth-order valence-electron chi connectivity index (χ4n) is 4.23.